The number of aromatic nitrogens is 1. The van der Waals surface area contributed by atoms with Gasteiger partial charge in [-0.15, -0.1) is 11.3 Å². The molecular formula is C14H25NS. The Morgan fingerprint density at radius 2 is 1.94 bits per heavy atom. The van der Waals surface area contributed by atoms with Crippen molar-refractivity contribution in [1.29, 1.82) is 0 Å². The van der Waals surface area contributed by atoms with Gasteiger partial charge in [-0.25, -0.2) is 4.98 Å². The predicted octanol–water partition coefficient (Wildman–Crippen LogP) is 5.20. The fourth-order valence-corrected chi connectivity index (χ4v) is 3.23. The maximum atomic E-state index is 4.82. The predicted molar refractivity (Wildman–Crippen MR) is 73.3 cm³/mol. The Hall–Kier alpha value is -0.370. The van der Waals surface area contributed by atoms with Gasteiger partial charge in [-0.05, 0) is 18.3 Å². The molecular weight excluding hydrogens is 214 g/mol. The number of hydrogen-bond donors (Lipinski definition) is 0. The van der Waals surface area contributed by atoms with Gasteiger partial charge >= 0.3 is 0 Å². The molecule has 0 aromatic carbocycles. The molecule has 0 saturated carbocycles. The van der Waals surface area contributed by atoms with Crippen molar-refractivity contribution in [1.82, 2.24) is 4.98 Å². The lowest BCUT2D eigenvalue weighted by molar-refractivity contribution is 0.417. The Kier molecular flexibility index (Phi) is 5.47. The minimum atomic E-state index is 0.559. The van der Waals surface area contributed by atoms with Crippen LogP contribution < -0.4 is 0 Å². The smallest absolute Gasteiger partial charge is 0.0962 e. The summed E-state index contributed by atoms with van der Waals surface area (Å²) < 4.78 is 0. The molecule has 0 radical (unpaired) electrons. The normalized spacial score (nSPS) is 15.4. The third kappa shape index (κ3) is 3.31. The molecule has 1 heterocycles. The van der Waals surface area contributed by atoms with E-state index in [1.807, 2.05) is 11.3 Å². The molecule has 2 heteroatoms. The van der Waals surface area contributed by atoms with Gasteiger partial charge in [0, 0.05) is 11.3 Å². The van der Waals surface area contributed by atoms with Crippen LogP contribution in [-0.2, 0) is 0 Å². The first-order valence-corrected chi connectivity index (χ1v) is 7.43. The molecule has 1 aromatic rings. The minimum absolute atomic E-state index is 0.559. The molecule has 1 nitrogen and oxygen atoms in total. The highest BCUT2D eigenvalue weighted by Gasteiger charge is 2.20. The SMILES string of the molecule is CCCC(c1nc(C(C)C)cs1)C(C)CC. The molecule has 0 fully saturated rings. The second kappa shape index (κ2) is 6.39. The molecule has 16 heavy (non-hydrogen) atoms. The third-order valence-electron chi connectivity index (χ3n) is 3.38. The average Bonchev–Trinajstić information content (AvgIpc) is 2.74. The van der Waals surface area contributed by atoms with E-state index in [2.05, 4.69) is 40.0 Å². The summed E-state index contributed by atoms with van der Waals surface area (Å²) >= 11 is 1.86. The van der Waals surface area contributed by atoms with Crippen molar-refractivity contribution < 1.29 is 0 Å². The molecule has 1 rings (SSSR count). The molecule has 0 saturated heterocycles. The summed E-state index contributed by atoms with van der Waals surface area (Å²) in [6.45, 7) is 11.3. The van der Waals surface area contributed by atoms with Crippen molar-refractivity contribution in [3.05, 3.63) is 16.1 Å². The number of hydrogen-bond acceptors (Lipinski definition) is 2. The van der Waals surface area contributed by atoms with Gasteiger partial charge in [0.05, 0.1) is 10.7 Å². The molecule has 0 bridgehead atoms. The summed E-state index contributed by atoms with van der Waals surface area (Å²) in [5.41, 5.74) is 1.27. The molecule has 1 aromatic heterocycles. The van der Waals surface area contributed by atoms with Gasteiger partial charge in [-0.2, -0.15) is 0 Å². The average molecular weight is 239 g/mol. The van der Waals surface area contributed by atoms with E-state index >= 15 is 0 Å². The van der Waals surface area contributed by atoms with Gasteiger partial charge in [0.15, 0.2) is 0 Å². The van der Waals surface area contributed by atoms with Gasteiger partial charge in [-0.3, -0.25) is 0 Å². The highest BCUT2D eigenvalue weighted by molar-refractivity contribution is 7.09. The van der Waals surface area contributed by atoms with Crippen LogP contribution in [0.1, 0.15) is 76.4 Å². The molecule has 2 atom stereocenters. The fraction of sp³-hybridized carbons (Fsp3) is 0.786. The molecule has 0 amide bonds. The number of nitrogens with zero attached hydrogens (tertiary/aromatic N) is 1. The zero-order valence-electron chi connectivity index (χ0n) is 11.3. The molecule has 0 aliphatic rings. The van der Waals surface area contributed by atoms with Gasteiger partial charge < -0.3 is 0 Å². The largest absolute Gasteiger partial charge is 0.246 e. The van der Waals surface area contributed by atoms with Crippen LogP contribution in [0.2, 0.25) is 0 Å². The molecule has 0 aliphatic carbocycles. The fourth-order valence-electron chi connectivity index (χ4n) is 1.98. The quantitative estimate of drug-likeness (QED) is 0.665. The van der Waals surface area contributed by atoms with E-state index in [0.29, 0.717) is 11.8 Å². The number of rotatable bonds is 6. The van der Waals surface area contributed by atoms with E-state index in [0.717, 1.165) is 5.92 Å². The summed E-state index contributed by atoms with van der Waals surface area (Å²) in [5, 5.41) is 3.60. The van der Waals surface area contributed by atoms with Crippen LogP contribution >= 0.6 is 11.3 Å². The summed E-state index contributed by atoms with van der Waals surface area (Å²) in [6, 6.07) is 0. The molecule has 92 valence electrons. The van der Waals surface area contributed by atoms with Crippen molar-refractivity contribution in [2.24, 2.45) is 5.92 Å². The van der Waals surface area contributed by atoms with Crippen LogP contribution in [-0.4, -0.2) is 4.98 Å². The first kappa shape index (κ1) is 13.7. The first-order valence-electron chi connectivity index (χ1n) is 6.55. The second-order valence-electron chi connectivity index (χ2n) is 5.05. The molecule has 2 unspecified atom stereocenters. The first-order chi connectivity index (χ1) is 7.60. The van der Waals surface area contributed by atoms with Crippen molar-refractivity contribution in [3.63, 3.8) is 0 Å². The Balaban J connectivity index is 2.83. The topological polar surface area (TPSA) is 12.9 Å². The van der Waals surface area contributed by atoms with Gasteiger partial charge in [0.1, 0.15) is 0 Å². The lowest BCUT2D eigenvalue weighted by Gasteiger charge is -2.20. The maximum Gasteiger partial charge on any atom is 0.0962 e. The van der Waals surface area contributed by atoms with Crippen LogP contribution in [0.3, 0.4) is 0 Å². The van der Waals surface area contributed by atoms with Gasteiger partial charge in [-0.1, -0.05) is 47.5 Å². The second-order valence-corrected chi connectivity index (χ2v) is 5.94. The van der Waals surface area contributed by atoms with Crippen molar-refractivity contribution in [2.45, 2.75) is 65.7 Å². The van der Waals surface area contributed by atoms with Crippen molar-refractivity contribution >= 4 is 11.3 Å². The van der Waals surface area contributed by atoms with E-state index in [1.165, 1.54) is 30.0 Å². The van der Waals surface area contributed by atoms with E-state index in [9.17, 15) is 0 Å². The Morgan fingerprint density at radius 1 is 1.25 bits per heavy atom. The van der Waals surface area contributed by atoms with E-state index in [4.69, 9.17) is 4.98 Å². The standard InChI is InChI=1S/C14H25NS/c1-6-8-12(11(5)7-2)14-15-13(9-16-14)10(3)4/h9-12H,6-8H2,1-5H3. The van der Waals surface area contributed by atoms with E-state index in [1.54, 1.807) is 0 Å². The Bertz CT molecular complexity index is 303. The van der Waals surface area contributed by atoms with Crippen LogP contribution in [0.15, 0.2) is 5.38 Å². The summed E-state index contributed by atoms with van der Waals surface area (Å²) in [7, 11) is 0. The van der Waals surface area contributed by atoms with Crippen LogP contribution in [0.4, 0.5) is 0 Å². The lowest BCUT2D eigenvalue weighted by atomic mass is 9.88. The zero-order valence-corrected chi connectivity index (χ0v) is 12.1. The van der Waals surface area contributed by atoms with Gasteiger partial charge in [0.25, 0.3) is 0 Å². The van der Waals surface area contributed by atoms with E-state index < -0.39 is 0 Å². The van der Waals surface area contributed by atoms with Crippen LogP contribution in [0.5, 0.6) is 0 Å². The van der Waals surface area contributed by atoms with Crippen LogP contribution in [0, 0.1) is 5.92 Å². The van der Waals surface area contributed by atoms with Crippen molar-refractivity contribution in [2.75, 3.05) is 0 Å². The number of thiazole rings is 1. The Labute approximate surface area is 104 Å². The zero-order chi connectivity index (χ0) is 12.1. The highest BCUT2D eigenvalue weighted by atomic mass is 32.1. The third-order valence-corrected chi connectivity index (χ3v) is 4.37. The van der Waals surface area contributed by atoms with Gasteiger partial charge in [0.2, 0.25) is 0 Å². The summed E-state index contributed by atoms with van der Waals surface area (Å²) in [6.07, 6.45) is 3.78. The Morgan fingerprint density at radius 3 is 2.38 bits per heavy atom. The molecule has 0 N–H and O–H groups in total. The highest BCUT2D eigenvalue weighted by Crippen LogP contribution is 2.34. The lowest BCUT2D eigenvalue weighted by Crippen LogP contribution is -2.09. The maximum absolute atomic E-state index is 4.82. The summed E-state index contributed by atoms with van der Waals surface area (Å²) in [4.78, 5) is 4.82. The minimum Gasteiger partial charge on any atom is -0.246 e. The molecule has 0 spiro atoms. The van der Waals surface area contributed by atoms with Crippen LogP contribution in [0.25, 0.3) is 0 Å². The van der Waals surface area contributed by atoms with Crippen molar-refractivity contribution in [3.8, 4) is 0 Å². The molecule has 0 aliphatic heterocycles. The monoisotopic (exact) mass is 239 g/mol. The van der Waals surface area contributed by atoms with E-state index in [-0.39, 0.29) is 0 Å². The summed E-state index contributed by atoms with van der Waals surface area (Å²) in [5.74, 6) is 1.99.